The topological polar surface area (TPSA) is 105 Å². The first-order valence-electron chi connectivity index (χ1n) is 7.71. The van der Waals surface area contributed by atoms with Gasteiger partial charge in [0.2, 0.25) is 0 Å². The number of nitrogens with zero attached hydrogens (tertiary/aromatic N) is 2. The second-order valence-corrected chi connectivity index (χ2v) is 5.45. The first-order chi connectivity index (χ1) is 11.5. The number of rotatable bonds is 5. The number of primary amides is 1. The van der Waals surface area contributed by atoms with Crippen LogP contribution in [0.15, 0.2) is 46.8 Å². The zero-order chi connectivity index (χ0) is 17.7. The minimum atomic E-state index is -0.671. The third kappa shape index (κ3) is 3.73. The van der Waals surface area contributed by atoms with Gasteiger partial charge < -0.3 is 15.7 Å². The Hall–Kier alpha value is -2.83. The number of nitrogens with two attached hydrogens (primary N) is 1. The van der Waals surface area contributed by atoms with Gasteiger partial charge in [0, 0.05) is 18.5 Å². The van der Waals surface area contributed by atoms with E-state index in [1.165, 1.54) is 4.90 Å². The van der Waals surface area contributed by atoms with E-state index in [9.17, 15) is 14.7 Å². The monoisotopic (exact) mass is 331 g/mol. The number of aliphatic hydroxyl groups is 1. The lowest BCUT2D eigenvalue weighted by Gasteiger charge is -2.33. The van der Waals surface area contributed by atoms with E-state index in [0.29, 0.717) is 18.0 Å². The number of hydrogen-bond acceptors (Lipinski definition) is 5. The van der Waals surface area contributed by atoms with Gasteiger partial charge in [0.05, 0.1) is 17.3 Å². The first kappa shape index (κ1) is 17.5. The minimum absolute atomic E-state index is 0.0518. The number of amides is 2. The van der Waals surface area contributed by atoms with E-state index >= 15 is 0 Å². The van der Waals surface area contributed by atoms with Crippen molar-refractivity contribution in [1.82, 2.24) is 0 Å². The maximum absolute atomic E-state index is 12.4. The summed E-state index contributed by atoms with van der Waals surface area (Å²) in [5, 5.41) is 14.1. The fourth-order valence-electron chi connectivity index (χ4n) is 2.78. The molecule has 0 fully saturated rings. The Balaban J connectivity index is 2.31. The fourth-order valence-corrected chi connectivity index (χ4v) is 2.78. The molecule has 3 N–H and O–H groups in total. The molecule has 0 saturated carbocycles. The minimum Gasteiger partial charge on any atom is -0.511 e. The van der Waals surface area contributed by atoms with Gasteiger partial charge in [-0.2, -0.15) is 0 Å². The third-order valence-corrected chi connectivity index (χ3v) is 3.75. The Morgan fingerprint density at radius 2 is 2.04 bits per heavy atom. The molecule has 0 aromatic heterocycles. The van der Waals surface area contributed by atoms with Crippen LogP contribution in [0.4, 0.5) is 10.5 Å². The van der Waals surface area contributed by atoms with Crippen LogP contribution in [0.2, 0.25) is 0 Å². The van der Waals surface area contributed by atoms with Crippen molar-refractivity contribution in [2.24, 2.45) is 10.9 Å². The average molecular weight is 331 g/mol. The van der Waals surface area contributed by atoms with Crippen LogP contribution >= 0.6 is 0 Å². The standard InChI is InChI=1S/C17H21N3O4/c1-3-24-19-11(2)16-14(21)9-13(10-15(16)22)20(17(18)23)12-7-5-4-6-8-12/h4-8,13,21H,3,9-10H2,1-2H3,(H2,18,23). The summed E-state index contributed by atoms with van der Waals surface area (Å²) in [6, 6.07) is 7.61. The number of benzene rings is 1. The van der Waals surface area contributed by atoms with Gasteiger partial charge in [-0.25, -0.2) is 4.79 Å². The summed E-state index contributed by atoms with van der Waals surface area (Å²) in [4.78, 5) is 30.6. The number of urea groups is 1. The van der Waals surface area contributed by atoms with E-state index in [0.717, 1.165) is 0 Å². The average Bonchev–Trinajstić information content (AvgIpc) is 2.53. The van der Waals surface area contributed by atoms with Crippen LogP contribution in [-0.4, -0.2) is 35.3 Å². The quantitative estimate of drug-likeness (QED) is 0.639. The predicted octanol–water partition coefficient (Wildman–Crippen LogP) is 2.53. The number of carbonyl (C=O) groups excluding carboxylic acids is 2. The Bertz CT molecular complexity index is 682. The summed E-state index contributed by atoms with van der Waals surface area (Å²) in [6.07, 6.45) is 0.175. The van der Waals surface area contributed by atoms with E-state index in [4.69, 9.17) is 10.6 Å². The maximum Gasteiger partial charge on any atom is 0.319 e. The zero-order valence-electron chi connectivity index (χ0n) is 13.7. The predicted molar refractivity (Wildman–Crippen MR) is 90.9 cm³/mol. The van der Waals surface area contributed by atoms with Crippen molar-refractivity contribution in [3.63, 3.8) is 0 Å². The summed E-state index contributed by atoms with van der Waals surface area (Å²) in [7, 11) is 0. The Kier molecular flexibility index (Phi) is 5.57. The number of anilines is 1. The molecule has 1 unspecified atom stereocenters. The van der Waals surface area contributed by atoms with Crippen molar-refractivity contribution in [1.29, 1.82) is 0 Å². The number of para-hydroxylation sites is 1. The van der Waals surface area contributed by atoms with Crippen LogP contribution in [0, 0.1) is 0 Å². The van der Waals surface area contributed by atoms with Crippen LogP contribution in [0.1, 0.15) is 26.7 Å². The normalized spacial score (nSPS) is 18.5. The van der Waals surface area contributed by atoms with Crippen molar-refractivity contribution in [3.8, 4) is 0 Å². The molecule has 128 valence electrons. The van der Waals surface area contributed by atoms with Gasteiger partial charge in [-0.1, -0.05) is 23.4 Å². The van der Waals surface area contributed by atoms with E-state index in [-0.39, 0.29) is 30.0 Å². The molecule has 1 aliphatic rings. The van der Waals surface area contributed by atoms with Gasteiger partial charge in [0.25, 0.3) is 0 Å². The molecule has 1 aromatic carbocycles. The summed E-state index contributed by atoms with van der Waals surface area (Å²) in [5.74, 6) is -0.411. The highest BCUT2D eigenvalue weighted by Crippen LogP contribution is 2.29. The highest BCUT2D eigenvalue weighted by molar-refractivity contribution is 6.22. The van der Waals surface area contributed by atoms with Crippen molar-refractivity contribution in [2.75, 3.05) is 11.5 Å². The lowest BCUT2D eigenvalue weighted by Crippen LogP contribution is -2.47. The van der Waals surface area contributed by atoms with Crippen LogP contribution in [0.5, 0.6) is 0 Å². The van der Waals surface area contributed by atoms with Gasteiger partial charge >= 0.3 is 6.03 Å². The summed E-state index contributed by atoms with van der Waals surface area (Å²) < 4.78 is 0. The molecule has 2 amide bonds. The Morgan fingerprint density at radius 3 is 2.58 bits per heavy atom. The number of aliphatic hydroxyl groups excluding tert-OH is 1. The van der Waals surface area contributed by atoms with Crippen molar-refractivity contribution < 1.29 is 19.5 Å². The van der Waals surface area contributed by atoms with Crippen LogP contribution < -0.4 is 10.6 Å². The molecule has 0 aliphatic heterocycles. The fraction of sp³-hybridized carbons (Fsp3) is 0.353. The molecular formula is C17H21N3O4. The van der Waals surface area contributed by atoms with Gasteiger partial charge in [-0.05, 0) is 26.0 Å². The zero-order valence-corrected chi connectivity index (χ0v) is 13.7. The molecule has 0 saturated heterocycles. The molecule has 24 heavy (non-hydrogen) atoms. The van der Waals surface area contributed by atoms with Gasteiger partial charge in [-0.3, -0.25) is 9.69 Å². The van der Waals surface area contributed by atoms with E-state index in [1.54, 1.807) is 38.1 Å². The molecule has 0 bridgehead atoms. The number of oxime groups is 1. The van der Waals surface area contributed by atoms with Crippen LogP contribution in [0.3, 0.4) is 0 Å². The number of Topliss-reactive ketones (excluding diaryl/α,β-unsaturated/α-hetero) is 1. The van der Waals surface area contributed by atoms with Gasteiger partial charge in [0.1, 0.15) is 12.4 Å². The molecule has 7 nitrogen and oxygen atoms in total. The van der Waals surface area contributed by atoms with E-state index in [2.05, 4.69) is 5.16 Å². The highest BCUT2D eigenvalue weighted by Gasteiger charge is 2.34. The summed E-state index contributed by atoms with van der Waals surface area (Å²) >= 11 is 0. The molecule has 2 rings (SSSR count). The molecule has 1 aromatic rings. The molecule has 1 atom stereocenters. The second kappa shape index (κ2) is 7.63. The molecule has 0 radical (unpaired) electrons. The second-order valence-electron chi connectivity index (χ2n) is 5.45. The molecule has 0 heterocycles. The summed E-state index contributed by atoms with van der Waals surface area (Å²) in [5.41, 5.74) is 6.54. The number of allylic oxidation sites excluding steroid dienone is 1. The van der Waals surface area contributed by atoms with E-state index in [1.807, 2.05) is 6.07 Å². The van der Waals surface area contributed by atoms with Crippen molar-refractivity contribution in [3.05, 3.63) is 41.7 Å². The van der Waals surface area contributed by atoms with Crippen LogP contribution in [-0.2, 0) is 9.63 Å². The number of ketones is 1. The van der Waals surface area contributed by atoms with Gasteiger partial charge in [0.15, 0.2) is 5.78 Å². The highest BCUT2D eigenvalue weighted by atomic mass is 16.6. The molecule has 0 spiro atoms. The Morgan fingerprint density at radius 1 is 1.38 bits per heavy atom. The number of carbonyl (C=O) groups is 2. The molecular weight excluding hydrogens is 310 g/mol. The maximum atomic E-state index is 12.4. The summed E-state index contributed by atoms with van der Waals surface area (Å²) in [6.45, 7) is 3.74. The van der Waals surface area contributed by atoms with E-state index < -0.39 is 12.1 Å². The lowest BCUT2D eigenvalue weighted by molar-refractivity contribution is -0.116. The lowest BCUT2D eigenvalue weighted by atomic mass is 9.89. The smallest absolute Gasteiger partial charge is 0.319 e. The van der Waals surface area contributed by atoms with Crippen molar-refractivity contribution in [2.45, 2.75) is 32.7 Å². The molecule has 1 aliphatic carbocycles. The molecule has 7 heteroatoms. The number of hydrogen-bond donors (Lipinski definition) is 2. The third-order valence-electron chi connectivity index (χ3n) is 3.75. The van der Waals surface area contributed by atoms with Gasteiger partial charge in [-0.15, -0.1) is 0 Å². The largest absolute Gasteiger partial charge is 0.511 e. The Labute approximate surface area is 140 Å². The van der Waals surface area contributed by atoms with Crippen LogP contribution in [0.25, 0.3) is 0 Å². The first-order valence-corrected chi connectivity index (χ1v) is 7.71. The van der Waals surface area contributed by atoms with Crippen molar-refractivity contribution >= 4 is 23.2 Å². The SMILES string of the molecule is CCON=C(C)C1=C(O)CC(N(C(N)=O)c2ccccc2)CC1=O.